The number of carbonyl (C=O) groups is 3. The third kappa shape index (κ3) is 8.79. The van der Waals surface area contributed by atoms with Crippen LogP contribution < -0.4 is 5.14 Å². The van der Waals surface area contributed by atoms with Gasteiger partial charge in [-0.25, -0.2) is 14.7 Å². The number of carbonyl (C=O) groups excluding carboxylic acids is 3. The largest absolute Gasteiger partial charge is 0.444 e. The topological polar surface area (TPSA) is 136 Å². The second-order valence-corrected chi connectivity index (χ2v) is 11.8. The summed E-state index contributed by atoms with van der Waals surface area (Å²) in [5.41, 5.74) is -1.70. The van der Waals surface area contributed by atoms with E-state index >= 15 is 0 Å². The van der Waals surface area contributed by atoms with Crippen LogP contribution in [0.5, 0.6) is 0 Å². The van der Waals surface area contributed by atoms with E-state index in [-0.39, 0.29) is 23.3 Å². The van der Waals surface area contributed by atoms with E-state index in [2.05, 4.69) is 0 Å². The number of ether oxygens (including phenoxy) is 2. The molecule has 29 heavy (non-hydrogen) atoms. The third-order valence-corrected chi connectivity index (χ3v) is 5.54. The highest BCUT2D eigenvalue weighted by atomic mass is 32.2. The summed E-state index contributed by atoms with van der Waals surface area (Å²) < 4.78 is 35.0. The lowest BCUT2D eigenvalue weighted by Gasteiger charge is -2.32. The van der Waals surface area contributed by atoms with Gasteiger partial charge in [-0.2, -0.15) is 12.7 Å². The Kier molecular flexibility index (Phi) is 7.99. The molecule has 0 aliphatic carbocycles. The van der Waals surface area contributed by atoms with Gasteiger partial charge < -0.3 is 14.4 Å². The van der Waals surface area contributed by atoms with Crippen molar-refractivity contribution in [3.63, 3.8) is 0 Å². The lowest BCUT2D eigenvalue weighted by atomic mass is 10.2. The molecule has 1 aliphatic heterocycles. The van der Waals surface area contributed by atoms with Crippen molar-refractivity contribution in [2.24, 2.45) is 5.14 Å². The van der Waals surface area contributed by atoms with Crippen molar-refractivity contribution in [2.45, 2.75) is 77.4 Å². The number of nitrogens with two attached hydrogens (primary N) is 1. The molecule has 1 fully saturated rings. The fourth-order valence-corrected chi connectivity index (χ4v) is 4.35. The minimum atomic E-state index is -4.44. The van der Waals surface area contributed by atoms with Gasteiger partial charge in [0.05, 0.1) is 12.6 Å². The third-order valence-electron chi connectivity index (χ3n) is 3.62. The molecule has 1 saturated heterocycles. The van der Waals surface area contributed by atoms with Crippen molar-refractivity contribution in [2.75, 3.05) is 13.1 Å². The number of nitrogens with zero attached hydrogens (tertiary/aromatic N) is 2. The van der Waals surface area contributed by atoms with E-state index in [1.807, 2.05) is 0 Å². The standard InChI is InChI=1S/C17H31N3O7S2/c1-11(21)28-13-8-12(19(10-13)14(22)26-16(2,3)4)9-20(29(18,24)25)15(23)27-17(5,6)7/h12-13H,8-10H2,1-7H3,(H2,18,24,25)/t12-,13+/m0/s1. The second kappa shape index (κ2) is 9.09. The van der Waals surface area contributed by atoms with Crippen LogP contribution in [0.1, 0.15) is 54.9 Å². The van der Waals surface area contributed by atoms with Gasteiger partial charge in [0.2, 0.25) is 0 Å². The number of rotatable bonds is 4. The Morgan fingerprint density at radius 2 is 1.62 bits per heavy atom. The summed E-state index contributed by atoms with van der Waals surface area (Å²) in [4.78, 5) is 37.8. The maximum absolute atomic E-state index is 12.6. The Morgan fingerprint density at radius 3 is 2.03 bits per heavy atom. The molecule has 0 aromatic carbocycles. The molecular weight excluding hydrogens is 422 g/mol. The van der Waals surface area contributed by atoms with Gasteiger partial charge in [-0.05, 0) is 48.0 Å². The molecule has 0 saturated carbocycles. The van der Waals surface area contributed by atoms with Gasteiger partial charge in [0.25, 0.3) is 0 Å². The monoisotopic (exact) mass is 453 g/mol. The molecule has 0 unspecified atom stereocenters. The van der Waals surface area contributed by atoms with Crippen LogP contribution in [0, 0.1) is 0 Å². The van der Waals surface area contributed by atoms with Crippen LogP contribution in [0.3, 0.4) is 0 Å². The first-order valence-electron chi connectivity index (χ1n) is 9.09. The normalized spacial score (nSPS) is 20.3. The highest BCUT2D eigenvalue weighted by Crippen LogP contribution is 2.30. The molecule has 2 amide bonds. The quantitative estimate of drug-likeness (QED) is 0.683. The van der Waals surface area contributed by atoms with Crippen LogP contribution in [0.25, 0.3) is 0 Å². The van der Waals surface area contributed by atoms with Gasteiger partial charge in [-0.3, -0.25) is 4.79 Å². The summed E-state index contributed by atoms with van der Waals surface area (Å²) in [5, 5.41) is 4.83. The van der Waals surface area contributed by atoms with E-state index in [0.717, 1.165) is 11.8 Å². The molecular formula is C17H31N3O7S2. The van der Waals surface area contributed by atoms with E-state index < -0.39 is 46.2 Å². The Balaban J connectivity index is 3.12. The number of thioether (sulfide) groups is 1. The lowest BCUT2D eigenvalue weighted by Crippen LogP contribution is -2.51. The fourth-order valence-electron chi connectivity index (χ4n) is 2.70. The lowest BCUT2D eigenvalue weighted by molar-refractivity contribution is -0.109. The summed E-state index contributed by atoms with van der Waals surface area (Å²) in [7, 11) is -4.44. The van der Waals surface area contributed by atoms with Gasteiger partial charge in [-0.15, -0.1) is 0 Å². The number of hydrogen-bond donors (Lipinski definition) is 1. The van der Waals surface area contributed by atoms with Crippen LogP contribution in [-0.2, 0) is 24.5 Å². The Morgan fingerprint density at radius 1 is 1.10 bits per heavy atom. The maximum Gasteiger partial charge on any atom is 0.425 e. The highest BCUT2D eigenvalue weighted by molar-refractivity contribution is 8.14. The number of hydrogen-bond acceptors (Lipinski definition) is 8. The Labute approximate surface area is 176 Å². The average Bonchev–Trinajstić information content (AvgIpc) is 2.81. The zero-order chi connectivity index (χ0) is 22.8. The molecule has 2 atom stereocenters. The van der Waals surface area contributed by atoms with E-state index in [4.69, 9.17) is 14.6 Å². The second-order valence-electron chi connectivity index (χ2n) is 8.81. The van der Waals surface area contributed by atoms with E-state index in [1.54, 1.807) is 41.5 Å². The molecule has 0 aromatic heterocycles. The summed E-state index contributed by atoms with van der Waals surface area (Å²) >= 11 is 1.05. The molecule has 2 N–H and O–H groups in total. The van der Waals surface area contributed by atoms with Crippen molar-refractivity contribution < 1.29 is 32.3 Å². The zero-order valence-electron chi connectivity index (χ0n) is 17.9. The van der Waals surface area contributed by atoms with Crippen LogP contribution >= 0.6 is 11.8 Å². The van der Waals surface area contributed by atoms with E-state index in [0.29, 0.717) is 4.31 Å². The van der Waals surface area contributed by atoms with Crippen molar-refractivity contribution in [1.29, 1.82) is 0 Å². The number of likely N-dealkylation sites (tertiary alicyclic amines) is 1. The predicted molar refractivity (Wildman–Crippen MR) is 109 cm³/mol. The van der Waals surface area contributed by atoms with Crippen molar-refractivity contribution in [3.05, 3.63) is 0 Å². The van der Waals surface area contributed by atoms with Gasteiger partial charge in [0.15, 0.2) is 5.12 Å². The molecule has 10 nitrogen and oxygen atoms in total. The summed E-state index contributed by atoms with van der Waals surface area (Å²) in [6.45, 7) is 11.1. The molecule has 1 rings (SSSR count). The fraction of sp³-hybridized carbons (Fsp3) is 0.824. The Hall–Kier alpha value is -1.53. The highest BCUT2D eigenvalue weighted by Gasteiger charge is 2.42. The Bertz CT molecular complexity index is 741. The molecule has 0 spiro atoms. The van der Waals surface area contributed by atoms with Gasteiger partial charge >= 0.3 is 22.4 Å². The predicted octanol–water partition coefficient (Wildman–Crippen LogP) is 2.08. The molecule has 0 aromatic rings. The average molecular weight is 454 g/mol. The van der Waals surface area contributed by atoms with E-state index in [9.17, 15) is 22.8 Å². The van der Waals surface area contributed by atoms with Crippen molar-refractivity contribution >= 4 is 39.3 Å². The smallest absolute Gasteiger partial charge is 0.425 e. The first-order valence-corrected chi connectivity index (χ1v) is 11.5. The first-order chi connectivity index (χ1) is 12.9. The van der Waals surface area contributed by atoms with Crippen molar-refractivity contribution in [3.8, 4) is 0 Å². The molecule has 0 bridgehead atoms. The molecule has 1 heterocycles. The molecule has 0 radical (unpaired) electrons. The summed E-state index contributed by atoms with van der Waals surface area (Å²) in [6.07, 6.45) is -1.50. The van der Waals surface area contributed by atoms with Gasteiger partial charge in [0.1, 0.15) is 11.2 Å². The van der Waals surface area contributed by atoms with Gasteiger partial charge in [-0.1, -0.05) is 11.8 Å². The molecule has 1 aliphatic rings. The minimum Gasteiger partial charge on any atom is -0.444 e. The summed E-state index contributed by atoms with van der Waals surface area (Å²) in [5.74, 6) is 0. The van der Waals surface area contributed by atoms with Crippen LogP contribution in [0.4, 0.5) is 9.59 Å². The van der Waals surface area contributed by atoms with E-state index in [1.165, 1.54) is 11.8 Å². The van der Waals surface area contributed by atoms with Gasteiger partial charge in [0, 0.05) is 18.7 Å². The first kappa shape index (κ1) is 25.5. The number of amides is 2. The van der Waals surface area contributed by atoms with Crippen molar-refractivity contribution in [1.82, 2.24) is 9.21 Å². The van der Waals surface area contributed by atoms with Crippen LogP contribution in [0.15, 0.2) is 0 Å². The SMILES string of the molecule is CC(=O)S[C@@H]1C[C@@H](CN(C(=O)OC(C)(C)C)S(N)(=O)=O)N(C(=O)OC(C)(C)C)C1. The summed E-state index contributed by atoms with van der Waals surface area (Å²) in [6, 6.07) is -0.715. The zero-order valence-corrected chi connectivity index (χ0v) is 19.6. The van der Waals surface area contributed by atoms with Crippen LogP contribution in [-0.4, -0.2) is 70.5 Å². The van der Waals surface area contributed by atoms with Crippen LogP contribution in [0.2, 0.25) is 0 Å². The molecule has 168 valence electrons. The maximum atomic E-state index is 12.6. The minimum absolute atomic E-state index is 0.129. The molecule has 12 heteroatoms.